The first-order chi connectivity index (χ1) is 9.05. The quantitative estimate of drug-likeness (QED) is 0.877. The molecule has 0 radical (unpaired) electrons. The lowest BCUT2D eigenvalue weighted by atomic mass is 9.87. The first kappa shape index (κ1) is 13.8. The number of piperidine rings is 1. The molecule has 0 amide bonds. The zero-order chi connectivity index (χ0) is 13.9. The molecule has 2 rings (SSSR count). The van der Waals surface area contributed by atoms with Gasteiger partial charge in [-0.2, -0.15) is 0 Å². The van der Waals surface area contributed by atoms with Crippen LogP contribution in [-0.4, -0.2) is 41.1 Å². The van der Waals surface area contributed by atoms with Crippen LogP contribution in [0.4, 0.5) is 10.1 Å². The fraction of sp³-hybridized carbons (Fsp3) is 0.500. The monoisotopic (exact) mass is 266 g/mol. The highest BCUT2D eigenvalue weighted by Gasteiger charge is 2.41. The Hall–Kier alpha value is -1.62. The Kier molecular flexibility index (Phi) is 4.04. The number of nitrogens with one attached hydrogen (secondary N) is 1. The van der Waals surface area contributed by atoms with Gasteiger partial charge in [0.1, 0.15) is 11.4 Å². The van der Waals surface area contributed by atoms with E-state index in [1.54, 1.807) is 12.1 Å². The molecule has 1 aliphatic rings. The number of aliphatic carboxylic acids is 1. The molecule has 1 heterocycles. The Labute approximate surface area is 112 Å². The molecule has 104 valence electrons. The van der Waals surface area contributed by atoms with E-state index >= 15 is 0 Å². The maximum atomic E-state index is 13.2. The number of hydrogen-bond donors (Lipinski definition) is 2. The molecular weight excluding hydrogens is 247 g/mol. The summed E-state index contributed by atoms with van der Waals surface area (Å²) >= 11 is 0. The number of hydrogen-bond acceptors (Lipinski definition) is 3. The smallest absolute Gasteiger partial charge is 0.329 e. The molecule has 0 unspecified atom stereocenters. The van der Waals surface area contributed by atoms with Gasteiger partial charge < -0.3 is 15.3 Å². The fourth-order valence-corrected chi connectivity index (χ4v) is 2.49. The van der Waals surface area contributed by atoms with Gasteiger partial charge in [0.05, 0.1) is 0 Å². The average Bonchev–Trinajstić information content (AvgIpc) is 2.39. The Bertz CT molecular complexity index is 457. The molecular formula is C14H19FN2O2. The average molecular weight is 266 g/mol. The van der Waals surface area contributed by atoms with E-state index in [1.807, 2.05) is 0 Å². The van der Waals surface area contributed by atoms with Crippen LogP contribution in [-0.2, 0) is 4.79 Å². The standard InChI is InChI=1S/C14H19FN2O2/c1-2-17-8-6-14(7-9-17,13(18)19)16-12-5-3-4-11(15)10-12/h3-5,10,16H,2,6-9H2,1H3,(H,18,19). The van der Waals surface area contributed by atoms with Gasteiger partial charge in [0.2, 0.25) is 0 Å². The molecule has 1 aromatic rings. The van der Waals surface area contributed by atoms with E-state index in [1.165, 1.54) is 12.1 Å². The van der Waals surface area contributed by atoms with Crippen molar-refractivity contribution in [1.29, 1.82) is 0 Å². The molecule has 0 saturated carbocycles. The second kappa shape index (κ2) is 5.57. The van der Waals surface area contributed by atoms with Gasteiger partial charge in [-0.25, -0.2) is 9.18 Å². The number of carboxylic acids is 1. The van der Waals surface area contributed by atoms with Crippen LogP contribution in [0.3, 0.4) is 0 Å². The fourth-order valence-electron chi connectivity index (χ4n) is 2.49. The maximum Gasteiger partial charge on any atom is 0.329 e. The summed E-state index contributed by atoms with van der Waals surface area (Å²) in [4.78, 5) is 13.8. The first-order valence-electron chi connectivity index (χ1n) is 6.55. The number of carbonyl (C=O) groups is 1. The van der Waals surface area contributed by atoms with E-state index < -0.39 is 11.5 Å². The largest absolute Gasteiger partial charge is 0.480 e. The van der Waals surface area contributed by atoms with Crippen LogP contribution in [0.1, 0.15) is 19.8 Å². The Morgan fingerprint density at radius 1 is 1.47 bits per heavy atom. The van der Waals surface area contributed by atoms with Crippen molar-refractivity contribution in [2.24, 2.45) is 0 Å². The van der Waals surface area contributed by atoms with Gasteiger partial charge in [0, 0.05) is 18.8 Å². The molecule has 2 N–H and O–H groups in total. The van der Waals surface area contributed by atoms with Crippen LogP contribution in [0.15, 0.2) is 24.3 Å². The lowest BCUT2D eigenvalue weighted by Crippen LogP contribution is -2.54. The lowest BCUT2D eigenvalue weighted by molar-refractivity contribution is -0.144. The molecule has 1 fully saturated rings. The van der Waals surface area contributed by atoms with E-state index in [0.717, 1.165) is 19.6 Å². The third-order valence-corrected chi connectivity index (χ3v) is 3.77. The highest BCUT2D eigenvalue weighted by Crippen LogP contribution is 2.27. The Morgan fingerprint density at radius 2 is 2.16 bits per heavy atom. The minimum Gasteiger partial charge on any atom is -0.480 e. The predicted molar refractivity (Wildman–Crippen MR) is 71.7 cm³/mol. The summed E-state index contributed by atoms with van der Waals surface area (Å²) in [5.41, 5.74) is -0.466. The second-order valence-electron chi connectivity index (χ2n) is 4.96. The molecule has 0 spiro atoms. The van der Waals surface area contributed by atoms with E-state index in [2.05, 4.69) is 17.1 Å². The van der Waals surface area contributed by atoms with Crippen molar-refractivity contribution in [1.82, 2.24) is 4.90 Å². The highest BCUT2D eigenvalue weighted by molar-refractivity contribution is 5.83. The first-order valence-corrected chi connectivity index (χ1v) is 6.55. The molecule has 1 saturated heterocycles. The van der Waals surface area contributed by atoms with Gasteiger partial charge in [-0.15, -0.1) is 0 Å². The maximum absolute atomic E-state index is 13.2. The molecule has 0 bridgehead atoms. The molecule has 1 aromatic carbocycles. The molecule has 5 heteroatoms. The Balaban J connectivity index is 2.15. The van der Waals surface area contributed by atoms with Gasteiger partial charge in [-0.05, 0) is 37.6 Å². The van der Waals surface area contributed by atoms with Crippen LogP contribution >= 0.6 is 0 Å². The van der Waals surface area contributed by atoms with Crippen molar-refractivity contribution in [2.75, 3.05) is 25.0 Å². The number of halogens is 1. The number of carboxylic acid groups (broad SMARTS) is 1. The summed E-state index contributed by atoms with van der Waals surface area (Å²) in [6, 6.07) is 5.95. The van der Waals surface area contributed by atoms with Crippen molar-refractivity contribution in [3.05, 3.63) is 30.1 Å². The van der Waals surface area contributed by atoms with Gasteiger partial charge in [-0.3, -0.25) is 0 Å². The van der Waals surface area contributed by atoms with Crippen LogP contribution in [0.2, 0.25) is 0 Å². The van der Waals surface area contributed by atoms with Crippen molar-refractivity contribution < 1.29 is 14.3 Å². The highest BCUT2D eigenvalue weighted by atomic mass is 19.1. The normalized spacial score (nSPS) is 19.1. The Morgan fingerprint density at radius 3 is 2.68 bits per heavy atom. The third-order valence-electron chi connectivity index (χ3n) is 3.77. The minimum absolute atomic E-state index is 0.364. The van der Waals surface area contributed by atoms with Gasteiger partial charge in [0.15, 0.2) is 0 Å². The van der Waals surface area contributed by atoms with Gasteiger partial charge in [-0.1, -0.05) is 13.0 Å². The molecule has 19 heavy (non-hydrogen) atoms. The lowest BCUT2D eigenvalue weighted by Gasteiger charge is -2.39. The second-order valence-corrected chi connectivity index (χ2v) is 4.96. The van der Waals surface area contributed by atoms with Crippen molar-refractivity contribution in [3.8, 4) is 0 Å². The van der Waals surface area contributed by atoms with Crippen molar-refractivity contribution >= 4 is 11.7 Å². The van der Waals surface area contributed by atoms with E-state index in [9.17, 15) is 14.3 Å². The SMILES string of the molecule is CCN1CCC(Nc2cccc(F)c2)(C(=O)O)CC1. The number of rotatable bonds is 4. The third kappa shape index (κ3) is 3.04. The van der Waals surface area contributed by atoms with Crippen LogP contribution in [0.5, 0.6) is 0 Å². The van der Waals surface area contributed by atoms with Crippen molar-refractivity contribution in [3.63, 3.8) is 0 Å². The van der Waals surface area contributed by atoms with Crippen molar-refractivity contribution in [2.45, 2.75) is 25.3 Å². The summed E-state index contributed by atoms with van der Waals surface area (Å²) in [6.07, 6.45) is 1.04. The number of nitrogens with zero attached hydrogens (tertiary/aromatic N) is 1. The minimum atomic E-state index is -0.987. The molecule has 0 aromatic heterocycles. The van der Waals surface area contributed by atoms with Crippen LogP contribution in [0, 0.1) is 5.82 Å². The topological polar surface area (TPSA) is 52.6 Å². The molecule has 4 nitrogen and oxygen atoms in total. The number of likely N-dealkylation sites (tertiary alicyclic amines) is 1. The summed E-state index contributed by atoms with van der Waals surface area (Å²) in [7, 11) is 0. The number of benzene rings is 1. The van der Waals surface area contributed by atoms with Crippen LogP contribution < -0.4 is 5.32 Å². The van der Waals surface area contributed by atoms with E-state index in [0.29, 0.717) is 18.5 Å². The summed E-state index contributed by atoms with van der Waals surface area (Å²) in [5.74, 6) is -1.23. The number of anilines is 1. The van der Waals surface area contributed by atoms with E-state index in [-0.39, 0.29) is 5.82 Å². The van der Waals surface area contributed by atoms with Gasteiger partial charge >= 0.3 is 5.97 Å². The summed E-state index contributed by atoms with van der Waals surface area (Å²) in [5, 5.41) is 12.5. The predicted octanol–water partition coefficient (Wildman–Crippen LogP) is 2.18. The molecule has 1 aliphatic heterocycles. The zero-order valence-electron chi connectivity index (χ0n) is 11.0. The zero-order valence-corrected chi connectivity index (χ0v) is 11.0. The summed E-state index contributed by atoms with van der Waals surface area (Å²) in [6.45, 7) is 4.47. The molecule has 0 aliphatic carbocycles. The van der Waals surface area contributed by atoms with Gasteiger partial charge in [0.25, 0.3) is 0 Å². The summed E-state index contributed by atoms with van der Waals surface area (Å²) < 4.78 is 13.2. The van der Waals surface area contributed by atoms with E-state index in [4.69, 9.17) is 0 Å². The van der Waals surface area contributed by atoms with Crippen LogP contribution in [0.25, 0.3) is 0 Å². The molecule has 0 atom stereocenters.